The second-order valence-electron chi connectivity index (χ2n) is 4.82. The van der Waals surface area contributed by atoms with Crippen LogP contribution >= 0.6 is 0 Å². The molecule has 0 atom stereocenters. The zero-order valence-electron chi connectivity index (χ0n) is 11.8. The van der Waals surface area contributed by atoms with Crippen LogP contribution in [0.25, 0.3) is 0 Å². The van der Waals surface area contributed by atoms with Gasteiger partial charge in [-0.25, -0.2) is 4.79 Å². The maximum Gasteiger partial charge on any atom is 0.328 e. The predicted octanol–water partition coefficient (Wildman–Crippen LogP) is 2.75. The molecule has 1 N–H and O–H groups in total. The molecule has 1 aromatic carbocycles. The molecule has 3 heteroatoms. The smallest absolute Gasteiger partial charge is 0.328 e. The van der Waals surface area contributed by atoms with E-state index in [1.165, 1.54) is 23.6 Å². The van der Waals surface area contributed by atoms with E-state index in [1.54, 1.807) is 6.08 Å². The van der Waals surface area contributed by atoms with E-state index in [9.17, 15) is 4.79 Å². The highest BCUT2D eigenvalue weighted by Gasteiger charge is 1.99. The minimum Gasteiger partial charge on any atom is -0.478 e. The number of hydrogen-bond acceptors (Lipinski definition) is 2. The van der Waals surface area contributed by atoms with E-state index in [4.69, 9.17) is 5.11 Å². The van der Waals surface area contributed by atoms with E-state index in [0.29, 0.717) is 6.54 Å². The Morgan fingerprint density at radius 1 is 1.21 bits per heavy atom. The lowest BCUT2D eigenvalue weighted by Crippen LogP contribution is -2.21. The average Bonchev–Trinajstić information content (AvgIpc) is 2.38. The van der Waals surface area contributed by atoms with Gasteiger partial charge in [0.05, 0.1) is 0 Å². The van der Waals surface area contributed by atoms with E-state index in [0.717, 1.165) is 19.4 Å². The lowest BCUT2D eigenvalue weighted by atomic mass is 10.1. The Morgan fingerprint density at radius 3 is 2.32 bits per heavy atom. The summed E-state index contributed by atoms with van der Waals surface area (Å²) in [5.41, 5.74) is 2.72. The third-order valence-corrected chi connectivity index (χ3v) is 3.02. The molecule has 104 valence electrons. The molecule has 0 saturated carbocycles. The lowest BCUT2D eigenvalue weighted by Gasteiger charge is -2.14. The first-order valence-electron chi connectivity index (χ1n) is 6.77. The molecule has 0 radical (unpaired) electrons. The van der Waals surface area contributed by atoms with Crippen molar-refractivity contribution < 1.29 is 9.90 Å². The molecule has 1 aromatic rings. The van der Waals surface area contributed by atoms with Crippen molar-refractivity contribution in [2.24, 2.45) is 0 Å². The van der Waals surface area contributed by atoms with Crippen LogP contribution in [0.4, 0.5) is 0 Å². The van der Waals surface area contributed by atoms with Crippen LogP contribution in [0.2, 0.25) is 0 Å². The summed E-state index contributed by atoms with van der Waals surface area (Å²) in [6.07, 6.45) is 6.17. The van der Waals surface area contributed by atoms with Gasteiger partial charge in [-0.2, -0.15) is 0 Å². The Morgan fingerprint density at radius 2 is 1.79 bits per heavy atom. The van der Waals surface area contributed by atoms with Crippen LogP contribution in [-0.2, 0) is 17.6 Å². The van der Waals surface area contributed by atoms with E-state index in [1.807, 2.05) is 7.05 Å². The topological polar surface area (TPSA) is 40.5 Å². The molecule has 0 aliphatic carbocycles. The van der Waals surface area contributed by atoms with Crippen LogP contribution in [0, 0.1) is 0 Å². The van der Waals surface area contributed by atoms with Crippen molar-refractivity contribution in [2.45, 2.75) is 26.2 Å². The summed E-state index contributed by atoms with van der Waals surface area (Å²) in [7, 11) is 2.00. The summed E-state index contributed by atoms with van der Waals surface area (Å²) in [6, 6.07) is 8.77. The Kier molecular flexibility index (Phi) is 6.90. The Balaban J connectivity index is 2.33. The van der Waals surface area contributed by atoms with Crippen LogP contribution in [0.1, 0.15) is 24.5 Å². The molecular weight excluding hydrogens is 238 g/mol. The molecular formula is C16H23NO2. The highest BCUT2D eigenvalue weighted by Crippen LogP contribution is 2.07. The van der Waals surface area contributed by atoms with Gasteiger partial charge < -0.3 is 10.0 Å². The number of likely N-dealkylation sites (N-methyl/N-ethyl adjacent to an activating group) is 1. The summed E-state index contributed by atoms with van der Waals surface area (Å²) < 4.78 is 0. The molecule has 0 spiro atoms. The van der Waals surface area contributed by atoms with Gasteiger partial charge in [0.2, 0.25) is 0 Å². The van der Waals surface area contributed by atoms with Crippen molar-refractivity contribution in [3.05, 3.63) is 47.5 Å². The van der Waals surface area contributed by atoms with Gasteiger partial charge in [-0.3, -0.25) is 0 Å². The summed E-state index contributed by atoms with van der Waals surface area (Å²) >= 11 is 0. The molecule has 0 heterocycles. The number of carboxylic acid groups (broad SMARTS) is 1. The third-order valence-electron chi connectivity index (χ3n) is 3.02. The molecule has 1 rings (SSSR count). The van der Waals surface area contributed by atoms with Gasteiger partial charge in [-0.15, -0.1) is 0 Å². The number of rotatable bonds is 8. The molecule has 0 saturated heterocycles. The van der Waals surface area contributed by atoms with Crippen molar-refractivity contribution in [2.75, 3.05) is 20.1 Å². The van der Waals surface area contributed by atoms with Crippen LogP contribution in [0.3, 0.4) is 0 Å². The fourth-order valence-corrected chi connectivity index (χ4v) is 1.91. The summed E-state index contributed by atoms with van der Waals surface area (Å²) in [6.45, 7) is 3.78. The van der Waals surface area contributed by atoms with Gasteiger partial charge in [-0.1, -0.05) is 43.7 Å². The number of hydrogen-bond donors (Lipinski definition) is 1. The number of carbonyl (C=O) groups is 1. The normalized spacial score (nSPS) is 11.3. The lowest BCUT2D eigenvalue weighted by molar-refractivity contribution is -0.131. The highest BCUT2D eigenvalue weighted by molar-refractivity contribution is 5.79. The first-order valence-corrected chi connectivity index (χ1v) is 6.77. The first-order chi connectivity index (χ1) is 9.11. The van der Waals surface area contributed by atoms with Crippen LogP contribution in [-0.4, -0.2) is 36.1 Å². The van der Waals surface area contributed by atoms with Gasteiger partial charge in [0.15, 0.2) is 0 Å². The number of aryl methyl sites for hydroxylation is 1. The monoisotopic (exact) mass is 261 g/mol. The van der Waals surface area contributed by atoms with E-state index in [-0.39, 0.29) is 0 Å². The molecule has 3 nitrogen and oxygen atoms in total. The summed E-state index contributed by atoms with van der Waals surface area (Å²) in [5, 5.41) is 8.50. The Bertz CT molecular complexity index is 409. The molecule has 0 fully saturated rings. The third kappa shape index (κ3) is 6.77. The standard InChI is InChI=1S/C16H23NO2/c1-3-5-14-7-9-15(10-8-14)11-13-17(2)12-4-6-16(18)19/h4,6-10H,3,5,11-13H2,1-2H3,(H,18,19)/b6-4+. The van der Waals surface area contributed by atoms with Crippen LogP contribution < -0.4 is 0 Å². The van der Waals surface area contributed by atoms with Crippen LogP contribution in [0.15, 0.2) is 36.4 Å². The maximum atomic E-state index is 10.3. The largest absolute Gasteiger partial charge is 0.478 e. The number of aliphatic carboxylic acids is 1. The minimum atomic E-state index is -0.889. The average molecular weight is 261 g/mol. The fourth-order valence-electron chi connectivity index (χ4n) is 1.91. The molecule has 0 bridgehead atoms. The van der Waals surface area contributed by atoms with E-state index < -0.39 is 5.97 Å². The van der Waals surface area contributed by atoms with Gasteiger partial charge >= 0.3 is 5.97 Å². The predicted molar refractivity (Wildman–Crippen MR) is 78.4 cm³/mol. The van der Waals surface area contributed by atoms with Crippen molar-refractivity contribution >= 4 is 5.97 Å². The highest BCUT2D eigenvalue weighted by atomic mass is 16.4. The maximum absolute atomic E-state index is 10.3. The molecule has 0 aliphatic rings. The molecule has 0 amide bonds. The van der Waals surface area contributed by atoms with Gasteiger partial charge in [-0.05, 0) is 31.0 Å². The molecule has 0 aliphatic heterocycles. The summed E-state index contributed by atoms with van der Waals surface area (Å²) in [5.74, 6) is -0.889. The molecule has 0 unspecified atom stereocenters. The molecule has 19 heavy (non-hydrogen) atoms. The Labute approximate surface area is 115 Å². The van der Waals surface area contributed by atoms with Crippen molar-refractivity contribution in [3.8, 4) is 0 Å². The second-order valence-corrected chi connectivity index (χ2v) is 4.82. The summed E-state index contributed by atoms with van der Waals surface area (Å²) in [4.78, 5) is 12.5. The fraction of sp³-hybridized carbons (Fsp3) is 0.438. The van der Waals surface area contributed by atoms with Crippen LogP contribution in [0.5, 0.6) is 0 Å². The number of benzene rings is 1. The number of carboxylic acids is 1. The van der Waals surface area contributed by atoms with Gasteiger partial charge in [0.25, 0.3) is 0 Å². The zero-order valence-corrected chi connectivity index (χ0v) is 11.8. The number of nitrogens with zero attached hydrogens (tertiary/aromatic N) is 1. The Hall–Kier alpha value is -1.61. The zero-order chi connectivity index (χ0) is 14.1. The quantitative estimate of drug-likeness (QED) is 0.731. The van der Waals surface area contributed by atoms with E-state index >= 15 is 0 Å². The van der Waals surface area contributed by atoms with Gasteiger partial charge in [0, 0.05) is 19.2 Å². The van der Waals surface area contributed by atoms with Crippen molar-refractivity contribution in [1.82, 2.24) is 4.90 Å². The second kappa shape index (κ2) is 8.48. The van der Waals surface area contributed by atoms with Crippen molar-refractivity contribution in [3.63, 3.8) is 0 Å². The van der Waals surface area contributed by atoms with Crippen molar-refractivity contribution in [1.29, 1.82) is 0 Å². The minimum absolute atomic E-state index is 0.667. The SMILES string of the molecule is CCCc1ccc(CCN(C)C/C=C/C(=O)O)cc1. The first kappa shape index (κ1) is 15.4. The molecule has 0 aromatic heterocycles. The van der Waals surface area contributed by atoms with Gasteiger partial charge in [0.1, 0.15) is 0 Å². The van der Waals surface area contributed by atoms with E-state index in [2.05, 4.69) is 36.1 Å².